The summed E-state index contributed by atoms with van der Waals surface area (Å²) >= 11 is 0.993. The normalized spacial score (nSPS) is 10.7. The summed E-state index contributed by atoms with van der Waals surface area (Å²) in [5.41, 5.74) is -0.0379. The van der Waals surface area contributed by atoms with Gasteiger partial charge in [-0.1, -0.05) is 17.8 Å². The number of benzene rings is 1. The average Bonchev–Trinajstić information content (AvgIpc) is 2.79. The Morgan fingerprint density at radius 1 is 1.45 bits per heavy atom. The van der Waals surface area contributed by atoms with Gasteiger partial charge in [0.05, 0.1) is 11.3 Å². The molecule has 8 heteroatoms. The molecule has 0 bridgehead atoms. The Kier molecular flexibility index (Phi) is 4.23. The highest BCUT2D eigenvalue weighted by molar-refractivity contribution is 7.99. The van der Waals surface area contributed by atoms with Crippen molar-refractivity contribution >= 4 is 17.7 Å². The molecule has 0 aliphatic carbocycles. The van der Waals surface area contributed by atoms with Crippen LogP contribution in [0.1, 0.15) is 6.92 Å². The van der Waals surface area contributed by atoms with E-state index < -0.39 is 11.8 Å². The van der Waals surface area contributed by atoms with Crippen LogP contribution in [0.2, 0.25) is 0 Å². The Balaban J connectivity index is 2.45. The molecule has 0 unspecified atom stereocenters. The maximum atomic E-state index is 13.8. The van der Waals surface area contributed by atoms with Gasteiger partial charge in [-0.25, -0.2) is 4.39 Å². The Morgan fingerprint density at radius 2 is 2.20 bits per heavy atom. The number of hydrogen-bond acceptors (Lipinski definition) is 5. The van der Waals surface area contributed by atoms with Crippen LogP contribution >= 0.6 is 11.8 Å². The van der Waals surface area contributed by atoms with Gasteiger partial charge in [-0.3, -0.25) is 4.79 Å². The highest BCUT2D eigenvalue weighted by Crippen LogP contribution is 2.32. The second-order valence-corrected chi connectivity index (χ2v) is 4.81. The largest absolute Gasteiger partial charge is 0.507 e. The van der Waals surface area contributed by atoms with Gasteiger partial charge >= 0.3 is 5.97 Å². The predicted molar refractivity (Wildman–Crippen MR) is 71.1 cm³/mol. The van der Waals surface area contributed by atoms with E-state index in [0.29, 0.717) is 11.7 Å². The molecule has 1 aromatic carbocycles. The Bertz CT molecular complexity index is 625. The van der Waals surface area contributed by atoms with Crippen molar-refractivity contribution in [2.75, 3.05) is 5.75 Å². The van der Waals surface area contributed by atoms with Gasteiger partial charge in [-0.2, -0.15) is 0 Å². The summed E-state index contributed by atoms with van der Waals surface area (Å²) < 4.78 is 15.4. The van der Waals surface area contributed by atoms with Crippen molar-refractivity contribution in [2.24, 2.45) is 0 Å². The highest BCUT2D eigenvalue weighted by atomic mass is 32.2. The van der Waals surface area contributed by atoms with Crippen LogP contribution < -0.4 is 0 Å². The van der Waals surface area contributed by atoms with E-state index in [1.54, 1.807) is 11.5 Å². The number of halogens is 1. The second-order valence-electron chi connectivity index (χ2n) is 3.87. The maximum Gasteiger partial charge on any atom is 0.313 e. The maximum absolute atomic E-state index is 13.8. The Labute approximate surface area is 118 Å². The second kappa shape index (κ2) is 5.91. The van der Waals surface area contributed by atoms with Crippen molar-refractivity contribution in [1.82, 2.24) is 14.8 Å². The predicted octanol–water partition coefficient (Wildman–Crippen LogP) is 1.99. The quantitative estimate of drug-likeness (QED) is 0.820. The Morgan fingerprint density at radius 3 is 2.80 bits per heavy atom. The smallest absolute Gasteiger partial charge is 0.313 e. The van der Waals surface area contributed by atoms with Crippen molar-refractivity contribution in [3.8, 4) is 17.1 Å². The van der Waals surface area contributed by atoms with E-state index in [1.165, 1.54) is 18.2 Å². The van der Waals surface area contributed by atoms with Gasteiger partial charge in [0.1, 0.15) is 11.6 Å². The van der Waals surface area contributed by atoms with E-state index in [-0.39, 0.29) is 22.9 Å². The molecule has 0 spiro atoms. The van der Waals surface area contributed by atoms with Crippen LogP contribution in [0.25, 0.3) is 11.4 Å². The number of nitrogens with zero attached hydrogens (tertiary/aromatic N) is 3. The van der Waals surface area contributed by atoms with E-state index >= 15 is 0 Å². The van der Waals surface area contributed by atoms with Crippen LogP contribution in [0.5, 0.6) is 5.75 Å². The van der Waals surface area contributed by atoms with Crippen LogP contribution in [-0.4, -0.2) is 36.7 Å². The number of aromatic nitrogens is 3. The number of thioether (sulfide) groups is 1. The number of rotatable bonds is 5. The first-order chi connectivity index (χ1) is 9.54. The molecule has 106 valence electrons. The van der Waals surface area contributed by atoms with Gasteiger partial charge in [0, 0.05) is 6.54 Å². The molecule has 0 aliphatic rings. The first-order valence-corrected chi connectivity index (χ1v) is 6.78. The monoisotopic (exact) mass is 297 g/mol. The molecule has 20 heavy (non-hydrogen) atoms. The van der Waals surface area contributed by atoms with Gasteiger partial charge in [0.25, 0.3) is 0 Å². The number of phenols is 1. The molecule has 2 rings (SSSR count). The number of hydrogen-bond donors (Lipinski definition) is 2. The molecule has 0 saturated carbocycles. The number of carboxylic acid groups (broad SMARTS) is 1. The lowest BCUT2D eigenvalue weighted by Gasteiger charge is -2.08. The van der Waals surface area contributed by atoms with E-state index in [1.807, 2.05) is 0 Å². The minimum atomic E-state index is -0.976. The number of aromatic hydroxyl groups is 1. The number of carboxylic acids is 1. The molecule has 1 heterocycles. The third-order valence-corrected chi connectivity index (χ3v) is 3.52. The van der Waals surface area contributed by atoms with Crippen molar-refractivity contribution in [3.05, 3.63) is 24.0 Å². The van der Waals surface area contributed by atoms with Crippen LogP contribution in [0.4, 0.5) is 4.39 Å². The first kappa shape index (κ1) is 14.3. The van der Waals surface area contributed by atoms with Gasteiger partial charge < -0.3 is 14.8 Å². The lowest BCUT2D eigenvalue weighted by molar-refractivity contribution is -0.133. The number of carbonyl (C=O) groups is 1. The molecular weight excluding hydrogens is 285 g/mol. The third-order valence-electron chi connectivity index (χ3n) is 2.57. The molecule has 2 N–H and O–H groups in total. The zero-order valence-corrected chi connectivity index (χ0v) is 11.4. The number of aliphatic carboxylic acids is 1. The Hall–Kier alpha value is -2.09. The zero-order chi connectivity index (χ0) is 14.7. The average molecular weight is 297 g/mol. The zero-order valence-electron chi connectivity index (χ0n) is 10.6. The van der Waals surface area contributed by atoms with Crippen LogP contribution in [-0.2, 0) is 11.3 Å². The molecule has 0 radical (unpaired) electrons. The molecule has 2 aromatic rings. The lowest BCUT2D eigenvalue weighted by atomic mass is 10.1. The summed E-state index contributed by atoms with van der Waals surface area (Å²) in [6.45, 7) is 2.23. The van der Waals surface area contributed by atoms with E-state index in [0.717, 1.165) is 11.8 Å². The summed E-state index contributed by atoms with van der Waals surface area (Å²) in [6, 6.07) is 3.96. The molecular formula is C12H12FN3O3S. The van der Waals surface area contributed by atoms with Crippen molar-refractivity contribution < 1.29 is 19.4 Å². The van der Waals surface area contributed by atoms with Gasteiger partial charge in [-0.05, 0) is 19.1 Å². The summed E-state index contributed by atoms with van der Waals surface area (Å²) in [7, 11) is 0. The minimum absolute atomic E-state index is 0.0379. The fourth-order valence-electron chi connectivity index (χ4n) is 1.73. The molecule has 0 aliphatic heterocycles. The van der Waals surface area contributed by atoms with Gasteiger partial charge in [-0.15, -0.1) is 10.2 Å². The summed E-state index contributed by atoms with van der Waals surface area (Å²) in [5, 5.41) is 26.5. The SMILES string of the molecule is CCn1c(SCC(=O)O)nnc1-c1c(O)cccc1F. The fraction of sp³-hybridized carbons (Fsp3) is 0.250. The van der Waals surface area contributed by atoms with Crippen molar-refractivity contribution in [1.29, 1.82) is 0 Å². The van der Waals surface area contributed by atoms with Crippen LogP contribution in [0, 0.1) is 5.82 Å². The molecule has 0 saturated heterocycles. The van der Waals surface area contributed by atoms with E-state index in [9.17, 15) is 14.3 Å². The molecule has 0 amide bonds. The summed E-state index contributed by atoms with van der Waals surface area (Å²) in [4.78, 5) is 10.6. The standard InChI is InChI=1S/C12H12FN3O3S/c1-2-16-11(10-7(13)4-3-5-8(10)17)14-15-12(16)20-6-9(18)19/h3-5,17H,2,6H2,1H3,(H,18,19). The molecule has 0 fully saturated rings. The minimum Gasteiger partial charge on any atom is -0.507 e. The van der Waals surface area contributed by atoms with E-state index in [4.69, 9.17) is 5.11 Å². The lowest BCUT2D eigenvalue weighted by Crippen LogP contribution is -2.04. The van der Waals surface area contributed by atoms with Crippen LogP contribution in [0.15, 0.2) is 23.4 Å². The molecule has 1 aromatic heterocycles. The molecule has 0 atom stereocenters. The number of phenolic OH excluding ortho intramolecular Hbond substituents is 1. The fourth-order valence-corrected chi connectivity index (χ4v) is 2.45. The van der Waals surface area contributed by atoms with E-state index in [2.05, 4.69) is 10.2 Å². The third kappa shape index (κ3) is 2.74. The van der Waals surface area contributed by atoms with Gasteiger partial charge in [0.15, 0.2) is 11.0 Å². The summed E-state index contributed by atoms with van der Waals surface area (Å²) in [6.07, 6.45) is 0. The topological polar surface area (TPSA) is 88.2 Å². The van der Waals surface area contributed by atoms with Crippen molar-refractivity contribution in [2.45, 2.75) is 18.6 Å². The van der Waals surface area contributed by atoms with Crippen LogP contribution in [0.3, 0.4) is 0 Å². The first-order valence-electron chi connectivity index (χ1n) is 5.80. The molecule has 6 nitrogen and oxygen atoms in total. The van der Waals surface area contributed by atoms with Crippen molar-refractivity contribution in [3.63, 3.8) is 0 Å². The summed E-state index contributed by atoms with van der Waals surface area (Å²) in [5.74, 6) is -1.81. The highest BCUT2D eigenvalue weighted by Gasteiger charge is 2.19. The van der Waals surface area contributed by atoms with Gasteiger partial charge in [0.2, 0.25) is 0 Å².